The molecule has 1 N–H and O–H groups in total. The van der Waals surface area contributed by atoms with Gasteiger partial charge in [0.1, 0.15) is 5.82 Å². The number of ether oxygens (including phenoxy) is 1. The molecule has 0 aliphatic carbocycles. The van der Waals surface area contributed by atoms with Crippen molar-refractivity contribution in [3.63, 3.8) is 0 Å². The average Bonchev–Trinajstić information content (AvgIpc) is 2.52. The second-order valence-electron chi connectivity index (χ2n) is 5.82. The largest absolute Gasteiger partial charge is 0.380 e. The number of rotatable bonds is 6. The lowest BCUT2D eigenvalue weighted by atomic mass is 10.0. The molecule has 0 aromatic heterocycles. The van der Waals surface area contributed by atoms with Crippen LogP contribution in [0.2, 0.25) is 0 Å². The van der Waals surface area contributed by atoms with Gasteiger partial charge in [-0.15, -0.1) is 0 Å². The smallest absolute Gasteiger partial charge is 0.123 e. The van der Waals surface area contributed by atoms with E-state index < -0.39 is 0 Å². The van der Waals surface area contributed by atoms with Crippen LogP contribution in [0.1, 0.15) is 44.7 Å². The normalized spacial score (nSPS) is 20.6. The van der Waals surface area contributed by atoms with Gasteiger partial charge in [0.15, 0.2) is 0 Å². The van der Waals surface area contributed by atoms with Gasteiger partial charge in [0, 0.05) is 31.9 Å². The molecular weight excluding hydrogens is 267 g/mol. The third-order valence-electron chi connectivity index (χ3n) is 4.21. The highest BCUT2D eigenvalue weighted by atomic mass is 19.1. The van der Waals surface area contributed by atoms with E-state index in [-0.39, 0.29) is 18.0 Å². The second kappa shape index (κ2) is 7.76. The van der Waals surface area contributed by atoms with Crippen LogP contribution in [0.3, 0.4) is 0 Å². The lowest BCUT2D eigenvalue weighted by molar-refractivity contribution is 0.0893. The number of benzene rings is 1. The van der Waals surface area contributed by atoms with Gasteiger partial charge in [-0.2, -0.15) is 0 Å². The van der Waals surface area contributed by atoms with Crippen LogP contribution >= 0.6 is 0 Å². The van der Waals surface area contributed by atoms with E-state index in [0.717, 1.165) is 50.1 Å². The van der Waals surface area contributed by atoms with E-state index in [1.54, 1.807) is 19.2 Å². The van der Waals surface area contributed by atoms with Crippen molar-refractivity contribution in [3.05, 3.63) is 29.6 Å². The quantitative estimate of drug-likeness (QED) is 0.869. The fourth-order valence-corrected chi connectivity index (χ4v) is 2.98. The number of anilines is 1. The van der Waals surface area contributed by atoms with Crippen LogP contribution in [0, 0.1) is 5.82 Å². The molecule has 0 amide bonds. The minimum absolute atomic E-state index is 0.151. The van der Waals surface area contributed by atoms with Gasteiger partial charge in [0.25, 0.3) is 0 Å². The van der Waals surface area contributed by atoms with Gasteiger partial charge in [-0.1, -0.05) is 6.92 Å². The third-order valence-corrected chi connectivity index (χ3v) is 4.21. The van der Waals surface area contributed by atoms with E-state index in [9.17, 15) is 4.39 Å². The van der Waals surface area contributed by atoms with E-state index in [4.69, 9.17) is 4.74 Å². The molecule has 1 aliphatic rings. The van der Waals surface area contributed by atoms with Crippen molar-refractivity contribution in [1.29, 1.82) is 0 Å². The predicted molar refractivity (Wildman–Crippen MR) is 85.4 cm³/mol. The summed E-state index contributed by atoms with van der Waals surface area (Å²) < 4.78 is 19.2. The summed E-state index contributed by atoms with van der Waals surface area (Å²) in [6.07, 6.45) is 3.57. The zero-order chi connectivity index (χ0) is 15.2. The molecule has 1 saturated heterocycles. The molecule has 4 heteroatoms. The molecule has 1 aliphatic heterocycles. The minimum atomic E-state index is -0.167. The number of nitrogens with one attached hydrogen (secondary N) is 1. The summed E-state index contributed by atoms with van der Waals surface area (Å²) in [5.74, 6) is -0.167. The van der Waals surface area contributed by atoms with E-state index in [1.807, 2.05) is 6.07 Å². The highest BCUT2D eigenvalue weighted by Crippen LogP contribution is 2.30. The fourth-order valence-electron chi connectivity index (χ4n) is 2.98. The average molecular weight is 294 g/mol. The fraction of sp³-hybridized carbons (Fsp3) is 0.647. The van der Waals surface area contributed by atoms with Crippen LogP contribution in [-0.4, -0.2) is 32.8 Å². The van der Waals surface area contributed by atoms with E-state index >= 15 is 0 Å². The van der Waals surface area contributed by atoms with Crippen LogP contribution in [0.25, 0.3) is 0 Å². The van der Waals surface area contributed by atoms with Gasteiger partial charge in [-0.3, -0.25) is 0 Å². The highest BCUT2D eigenvalue weighted by Gasteiger charge is 2.23. The zero-order valence-corrected chi connectivity index (χ0v) is 13.4. The van der Waals surface area contributed by atoms with Gasteiger partial charge in [-0.25, -0.2) is 4.39 Å². The number of methoxy groups -OCH3 is 1. The van der Waals surface area contributed by atoms with Gasteiger partial charge >= 0.3 is 0 Å². The van der Waals surface area contributed by atoms with Crippen molar-refractivity contribution in [2.75, 3.05) is 31.6 Å². The first-order valence-corrected chi connectivity index (χ1v) is 7.96. The molecule has 1 fully saturated rings. The number of piperidine rings is 1. The van der Waals surface area contributed by atoms with E-state index in [1.165, 1.54) is 0 Å². The van der Waals surface area contributed by atoms with Gasteiger partial charge in [0.05, 0.1) is 6.10 Å². The first-order chi connectivity index (χ1) is 10.2. The molecule has 2 rings (SSSR count). The Morgan fingerprint density at radius 2 is 2.29 bits per heavy atom. The molecule has 1 heterocycles. The SMILES string of the molecule is CCCNC(C)c1cc(F)ccc1N1CCCC(OC)C1. The summed E-state index contributed by atoms with van der Waals surface area (Å²) in [5, 5.41) is 3.46. The van der Waals surface area contributed by atoms with Crippen LogP contribution in [-0.2, 0) is 4.74 Å². The number of hydrogen-bond acceptors (Lipinski definition) is 3. The third kappa shape index (κ3) is 4.17. The minimum Gasteiger partial charge on any atom is -0.380 e. The number of halogens is 1. The Morgan fingerprint density at radius 3 is 3.00 bits per heavy atom. The maximum absolute atomic E-state index is 13.7. The Kier molecular flexibility index (Phi) is 6.00. The molecular formula is C17H27FN2O. The Hall–Kier alpha value is -1.13. The standard InChI is InChI=1S/C17H27FN2O/c1-4-9-19-13(2)16-11-14(18)7-8-17(16)20-10-5-6-15(12-20)21-3/h7-8,11,13,15,19H,4-6,9-10,12H2,1-3H3. The molecule has 0 bridgehead atoms. The van der Waals surface area contributed by atoms with Crippen molar-refractivity contribution in [1.82, 2.24) is 5.32 Å². The Labute approximate surface area is 127 Å². The summed E-state index contributed by atoms with van der Waals surface area (Å²) >= 11 is 0. The van der Waals surface area contributed by atoms with Crippen molar-refractivity contribution >= 4 is 5.69 Å². The van der Waals surface area contributed by atoms with Crippen molar-refractivity contribution < 1.29 is 9.13 Å². The van der Waals surface area contributed by atoms with E-state index in [2.05, 4.69) is 24.1 Å². The van der Waals surface area contributed by atoms with Gasteiger partial charge in [-0.05, 0) is 56.5 Å². The molecule has 0 spiro atoms. The summed E-state index contributed by atoms with van der Waals surface area (Å²) in [7, 11) is 1.77. The molecule has 118 valence electrons. The summed E-state index contributed by atoms with van der Waals surface area (Å²) in [4.78, 5) is 2.33. The van der Waals surface area contributed by atoms with Crippen LogP contribution in [0.4, 0.5) is 10.1 Å². The maximum atomic E-state index is 13.7. The zero-order valence-electron chi connectivity index (χ0n) is 13.4. The molecule has 0 saturated carbocycles. The monoisotopic (exact) mass is 294 g/mol. The first-order valence-electron chi connectivity index (χ1n) is 7.96. The highest BCUT2D eigenvalue weighted by molar-refractivity contribution is 5.55. The number of hydrogen-bond donors (Lipinski definition) is 1. The Bertz CT molecular complexity index is 452. The van der Waals surface area contributed by atoms with Crippen molar-refractivity contribution in [2.24, 2.45) is 0 Å². The number of nitrogens with zero attached hydrogens (tertiary/aromatic N) is 1. The second-order valence-corrected chi connectivity index (χ2v) is 5.82. The molecule has 2 atom stereocenters. The van der Waals surface area contributed by atoms with Crippen LogP contribution in [0.15, 0.2) is 18.2 Å². The maximum Gasteiger partial charge on any atom is 0.123 e. The Morgan fingerprint density at radius 1 is 1.48 bits per heavy atom. The lowest BCUT2D eigenvalue weighted by Crippen LogP contribution is -2.40. The molecule has 2 unspecified atom stereocenters. The lowest BCUT2D eigenvalue weighted by Gasteiger charge is -2.35. The summed E-state index contributed by atoms with van der Waals surface area (Å²) in [6, 6.07) is 5.28. The molecule has 3 nitrogen and oxygen atoms in total. The van der Waals surface area contributed by atoms with Gasteiger partial charge in [0.2, 0.25) is 0 Å². The molecule has 0 radical (unpaired) electrons. The Balaban J connectivity index is 2.21. The molecule has 1 aromatic rings. The topological polar surface area (TPSA) is 24.5 Å². The first kappa shape index (κ1) is 16.2. The van der Waals surface area contributed by atoms with E-state index in [0.29, 0.717) is 0 Å². The molecule has 21 heavy (non-hydrogen) atoms. The van der Waals surface area contributed by atoms with Crippen LogP contribution in [0.5, 0.6) is 0 Å². The van der Waals surface area contributed by atoms with Crippen molar-refractivity contribution in [3.8, 4) is 0 Å². The van der Waals surface area contributed by atoms with Gasteiger partial charge < -0.3 is 15.0 Å². The van der Waals surface area contributed by atoms with Crippen LogP contribution < -0.4 is 10.2 Å². The van der Waals surface area contributed by atoms with Crippen molar-refractivity contribution in [2.45, 2.75) is 45.3 Å². The predicted octanol–water partition coefficient (Wildman–Crippen LogP) is 3.50. The summed E-state index contributed by atoms with van der Waals surface area (Å²) in [5.41, 5.74) is 2.18. The summed E-state index contributed by atoms with van der Waals surface area (Å²) in [6.45, 7) is 7.08. The molecule has 1 aromatic carbocycles.